The van der Waals surface area contributed by atoms with Crippen molar-refractivity contribution in [3.63, 3.8) is 0 Å². The number of halogens is 3. The molecule has 15 heavy (non-hydrogen) atoms. The summed E-state index contributed by atoms with van der Waals surface area (Å²) < 4.78 is 24.8. The molecule has 2 N–H and O–H groups in total. The number of aromatic nitrogens is 1. The summed E-state index contributed by atoms with van der Waals surface area (Å²) in [7, 11) is 0. The second kappa shape index (κ2) is 4.39. The van der Waals surface area contributed by atoms with E-state index >= 15 is 0 Å². The van der Waals surface area contributed by atoms with Crippen LogP contribution in [0, 0.1) is 0 Å². The van der Waals surface area contributed by atoms with E-state index in [-0.39, 0.29) is 11.4 Å². The lowest BCUT2D eigenvalue weighted by Gasteiger charge is -2.07. The first kappa shape index (κ1) is 11.6. The fourth-order valence-electron chi connectivity index (χ4n) is 1.16. The first-order chi connectivity index (χ1) is 6.97. The summed E-state index contributed by atoms with van der Waals surface area (Å²) in [6, 6.07) is 0.891. The van der Waals surface area contributed by atoms with Gasteiger partial charge in [0.2, 0.25) is 5.56 Å². The lowest BCUT2D eigenvalue weighted by molar-refractivity contribution is 0.0681. The minimum absolute atomic E-state index is 0.122. The van der Waals surface area contributed by atoms with Gasteiger partial charge in [0.1, 0.15) is 0 Å². The van der Waals surface area contributed by atoms with Crippen LogP contribution in [-0.4, -0.2) is 16.1 Å². The highest BCUT2D eigenvalue weighted by atomic mass is 35.5. The van der Waals surface area contributed by atoms with E-state index in [9.17, 15) is 18.4 Å². The molecule has 1 heterocycles. The minimum Gasteiger partial charge on any atom is -0.478 e. The molecule has 0 aliphatic carbocycles. The van der Waals surface area contributed by atoms with Crippen LogP contribution in [-0.2, 0) is 5.88 Å². The Morgan fingerprint density at radius 3 is 2.60 bits per heavy atom. The predicted octanol–water partition coefficient (Wildman–Crippen LogP) is 1.75. The van der Waals surface area contributed by atoms with E-state index in [1.54, 1.807) is 4.98 Å². The summed E-state index contributed by atoms with van der Waals surface area (Å²) in [5.74, 6) is -1.86. The molecule has 0 fully saturated rings. The normalized spacial score (nSPS) is 10.7. The van der Waals surface area contributed by atoms with E-state index in [1.165, 1.54) is 0 Å². The van der Waals surface area contributed by atoms with Gasteiger partial charge in [-0.25, -0.2) is 13.6 Å². The Bertz CT molecular complexity index is 444. The number of aromatic amines is 1. The van der Waals surface area contributed by atoms with Crippen LogP contribution < -0.4 is 5.56 Å². The molecule has 0 aromatic carbocycles. The molecule has 0 radical (unpaired) electrons. The van der Waals surface area contributed by atoms with E-state index in [0.717, 1.165) is 6.07 Å². The predicted molar refractivity (Wildman–Crippen MR) is 48.5 cm³/mol. The first-order valence-corrected chi connectivity index (χ1v) is 4.34. The Hall–Kier alpha value is -1.43. The topological polar surface area (TPSA) is 70.2 Å². The van der Waals surface area contributed by atoms with E-state index in [1.807, 2.05) is 0 Å². The summed E-state index contributed by atoms with van der Waals surface area (Å²) >= 11 is 5.36. The van der Waals surface area contributed by atoms with E-state index in [0.29, 0.717) is 0 Å². The van der Waals surface area contributed by atoms with Crippen molar-refractivity contribution in [2.75, 3.05) is 0 Å². The largest absolute Gasteiger partial charge is 0.478 e. The number of carbonyl (C=O) groups is 1. The molecular weight excluding hydrogens is 232 g/mol. The number of hydrogen-bond acceptors (Lipinski definition) is 2. The van der Waals surface area contributed by atoms with E-state index in [2.05, 4.69) is 0 Å². The number of alkyl halides is 3. The fourth-order valence-corrected chi connectivity index (χ4v) is 1.37. The summed E-state index contributed by atoms with van der Waals surface area (Å²) in [4.78, 5) is 23.4. The van der Waals surface area contributed by atoms with Gasteiger partial charge in [-0.3, -0.25) is 4.79 Å². The number of hydrogen-bond donors (Lipinski definition) is 2. The molecule has 0 bridgehead atoms. The Balaban J connectivity index is 3.54. The SMILES string of the molecule is O=C(O)c1c(CCl)cc(=O)[nH]c1C(F)F. The van der Waals surface area contributed by atoms with Gasteiger partial charge in [0.15, 0.2) is 0 Å². The number of H-pyrrole nitrogens is 1. The van der Waals surface area contributed by atoms with Crippen LogP contribution in [0.3, 0.4) is 0 Å². The van der Waals surface area contributed by atoms with Crippen molar-refractivity contribution in [2.24, 2.45) is 0 Å². The number of rotatable bonds is 3. The molecule has 1 aromatic heterocycles. The molecule has 4 nitrogen and oxygen atoms in total. The molecule has 0 unspecified atom stereocenters. The van der Waals surface area contributed by atoms with Crippen LogP contribution in [0.25, 0.3) is 0 Å². The number of nitrogens with one attached hydrogen (secondary N) is 1. The standard InChI is InChI=1S/C8H6ClF2NO3/c9-2-3-1-4(13)12-6(7(10)11)5(3)8(14)15/h1,7H,2H2,(H,12,13)(H,14,15). The highest BCUT2D eigenvalue weighted by Crippen LogP contribution is 2.22. The fraction of sp³-hybridized carbons (Fsp3) is 0.250. The van der Waals surface area contributed by atoms with Crippen molar-refractivity contribution in [3.8, 4) is 0 Å². The van der Waals surface area contributed by atoms with Gasteiger partial charge >= 0.3 is 5.97 Å². The molecule has 82 valence electrons. The molecular formula is C8H6ClF2NO3. The third-order valence-electron chi connectivity index (χ3n) is 1.73. The molecule has 1 aromatic rings. The summed E-state index contributed by atoms with van der Waals surface area (Å²) in [5, 5.41) is 8.70. The van der Waals surface area contributed by atoms with Crippen molar-refractivity contribution in [1.82, 2.24) is 4.98 Å². The molecule has 0 amide bonds. The van der Waals surface area contributed by atoms with Gasteiger partial charge in [0.25, 0.3) is 6.43 Å². The summed E-state index contributed by atoms with van der Waals surface area (Å²) in [5.41, 5.74) is -2.47. The molecule has 7 heteroatoms. The highest BCUT2D eigenvalue weighted by molar-refractivity contribution is 6.17. The van der Waals surface area contributed by atoms with Crippen LogP contribution in [0.4, 0.5) is 8.78 Å². The van der Waals surface area contributed by atoms with Crippen LogP contribution in [0.5, 0.6) is 0 Å². The number of pyridine rings is 1. The average molecular weight is 238 g/mol. The lowest BCUT2D eigenvalue weighted by Crippen LogP contribution is -2.17. The van der Waals surface area contributed by atoms with Crippen molar-refractivity contribution in [2.45, 2.75) is 12.3 Å². The number of carboxylic acid groups (broad SMARTS) is 1. The zero-order valence-electron chi connectivity index (χ0n) is 7.26. The van der Waals surface area contributed by atoms with Crippen LogP contribution in [0.15, 0.2) is 10.9 Å². The van der Waals surface area contributed by atoms with Crippen LogP contribution in [0.2, 0.25) is 0 Å². The maximum absolute atomic E-state index is 12.4. The van der Waals surface area contributed by atoms with Crippen LogP contribution in [0.1, 0.15) is 28.0 Å². The molecule has 0 saturated heterocycles. The molecule has 0 atom stereocenters. The lowest BCUT2D eigenvalue weighted by atomic mass is 10.1. The maximum atomic E-state index is 12.4. The number of carboxylic acids is 1. The first-order valence-electron chi connectivity index (χ1n) is 3.81. The minimum atomic E-state index is -3.06. The number of aromatic carboxylic acids is 1. The maximum Gasteiger partial charge on any atom is 0.338 e. The van der Waals surface area contributed by atoms with Gasteiger partial charge in [-0.15, -0.1) is 11.6 Å². The van der Waals surface area contributed by atoms with Crippen molar-refractivity contribution in [1.29, 1.82) is 0 Å². The third kappa shape index (κ3) is 2.33. The quantitative estimate of drug-likeness (QED) is 0.787. The molecule has 0 spiro atoms. The van der Waals surface area contributed by atoms with Crippen LogP contribution >= 0.6 is 11.6 Å². The van der Waals surface area contributed by atoms with Gasteiger partial charge in [-0.1, -0.05) is 0 Å². The Morgan fingerprint density at radius 2 is 2.20 bits per heavy atom. The second-order valence-corrected chi connectivity index (χ2v) is 2.95. The average Bonchev–Trinajstić information content (AvgIpc) is 2.15. The Morgan fingerprint density at radius 1 is 1.60 bits per heavy atom. The molecule has 0 aliphatic rings. The van der Waals surface area contributed by atoms with Crippen molar-refractivity contribution < 1.29 is 18.7 Å². The molecule has 0 saturated carbocycles. The van der Waals surface area contributed by atoms with Crippen molar-refractivity contribution in [3.05, 3.63) is 33.2 Å². The van der Waals surface area contributed by atoms with Gasteiger partial charge in [0.05, 0.1) is 11.3 Å². The monoisotopic (exact) mass is 237 g/mol. The smallest absolute Gasteiger partial charge is 0.338 e. The zero-order chi connectivity index (χ0) is 11.6. The third-order valence-corrected chi connectivity index (χ3v) is 2.02. The Labute approximate surface area is 87.5 Å². The summed E-state index contributed by atoms with van der Waals surface area (Å²) in [6.07, 6.45) is -3.06. The zero-order valence-corrected chi connectivity index (χ0v) is 8.02. The van der Waals surface area contributed by atoms with Gasteiger partial charge in [-0.05, 0) is 5.56 Å². The van der Waals surface area contributed by atoms with E-state index < -0.39 is 29.2 Å². The van der Waals surface area contributed by atoms with Gasteiger partial charge in [-0.2, -0.15) is 0 Å². The molecule has 1 rings (SSSR count). The molecule has 0 aliphatic heterocycles. The van der Waals surface area contributed by atoms with Gasteiger partial charge in [0, 0.05) is 11.9 Å². The summed E-state index contributed by atoms with van der Waals surface area (Å²) in [6.45, 7) is 0. The Kier molecular flexibility index (Phi) is 3.41. The highest BCUT2D eigenvalue weighted by Gasteiger charge is 2.22. The second-order valence-electron chi connectivity index (χ2n) is 2.69. The van der Waals surface area contributed by atoms with Crippen molar-refractivity contribution >= 4 is 17.6 Å². The van der Waals surface area contributed by atoms with E-state index in [4.69, 9.17) is 16.7 Å². The van der Waals surface area contributed by atoms with Gasteiger partial charge < -0.3 is 10.1 Å².